The van der Waals surface area contributed by atoms with Gasteiger partial charge >= 0.3 is 0 Å². The summed E-state index contributed by atoms with van der Waals surface area (Å²) in [5.74, 6) is -2.26. The average molecular weight is 265 g/mol. The van der Waals surface area contributed by atoms with Crippen LogP contribution >= 0.6 is 0 Å². The summed E-state index contributed by atoms with van der Waals surface area (Å²) >= 11 is 0. The number of nitrogens with one attached hydrogen (secondary N) is 1. The maximum Gasteiger partial charge on any atom is 0.274 e. The van der Waals surface area contributed by atoms with Gasteiger partial charge in [0.05, 0.1) is 18.0 Å². The lowest BCUT2D eigenvalue weighted by Crippen LogP contribution is -2.09. The van der Waals surface area contributed by atoms with Crippen molar-refractivity contribution in [2.24, 2.45) is 0 Å². The second kappa shape index (κ2) is 5.17. The Morgan fingerprint density at radius 2 is 1.95 bits per heavy atom. The summed E-state index contributed by atoms with van der Waals surface area (Å²) < 4.78 is 32.3. The number of nitrogens with zero attached hydrogens (tertiary/aromatic N) is 2. The molecule has 0 fully saturated rings. The Kier molecular flexibility index (Phi) is 3.59. The second-order valence-corrected chi connectivity index (χ2v) is 3.98. The minimum atomic E-state index is -2.98. The van der Waals surface area contributed by atoms with E-state index in [-0.39, 0.29) is 17.2 Å². The standard InChI is InChI=1S/C13H13F2N3O/c1-13(14,15)9-5-3-4-6-10(9)19-12-8-17-7-11(16-2)18-12/h3-8H,1-2H3,(H,16,18). The highest BCUT2D eigenvalue weighted by Crippen LogP contribution is 2.35. The van der Waals surface area contributed by atoms with Gasteiger partial charge in [0.15, 0.2) is 0 Å². The van der Waals surface area contributed by atoms with E-state index in [4.69, 9.17) is 4.74 Å². The molecule has 0 amide bonds. The van der Waals surface area contributed by atoms with Gasteiger partial charge in [-0.1, -0.05) is 12.1 Å². The molecule has 6 heteroatoms. The predicted octanol–water partition coefficient (Wildman–Crippen LogP) is 3.42. The topological polar surface area (TPSA) is 47.0 Å². The zero-order valence-electron chi connectivity index (χ0n) is 10.5. The van der Waals surface area contributed by atoms with Crippen molar-refractivity contribution < 1.29 is 13.5 Å². The SMILES string of the molecule is CNc1cncc(Oc2ccccc2C(C)(F)F)n1. The third kappa shape index (κ3) is 3.15. The molecule has 0 aliphatic rings. The molecule has 0 spiro atoms. The number of anilines is 1. The molecule has 0 saturated heterocycles. The minimum Gasteiger partial charge on any atom is -0.437 e. The van der Waals surface area contributed by atoms with Crippen LogP contribution in [0.15, 0.2) is 36.7 Å². The Labute approximate surface area is 109 Å². The molecule has 2 aromatic rings. The average Bonchev–Trinajstić information content (AvgIpc) is 2.38. The van der Waals surface area contributed by atoms with Gasteiger partial charge in [-0.25, -0.2) is 8.78 Å². The molecule has 19 heavy (non-hydrogen) atoms. The fourth-order valence-electron chi connectivity index (χ4n) is 1.55. The van der Waals surface area contributed by atoms with Crippen LogP contribution in [0, 0.1) is 0 Å². The quantitative estimate of drug-likeness (QED) is 0.920. The molecule has 1 N–H and O–H groups in total. The first kappa shape index (κ1) is 13.2. The summed E-state index contributed by atoms with van der Waals surface area (Å²) in [6.07, 6.45) is 2.87. The highest BCUT2D eigenvalue weighted by molar-refractivity contribution is 5.40. The number of alkyl halides is 2. The Bertz CT molecular complexity index is 570. The van der Waals surface area contributed by atoms with Gasteiger partial charge in [-0.15, -0.1) is 0 Å². The Hall–Kier alpha value is -2.24. The maximum absolute atomic E-state index is 13.4. The van der Waals surface area contributed by atoms with E-state index in [9.17, 15) is 8.78 Å². The smallest absolute Gasteiger partial charge is 0.274 e. The first-order valence-corrected chi connectivity index (χ1v) is 5.65. The highest BCUT2D eigenvalue weighted by atomic mass is 19.3. The number of aromatic nitrogens is 2. The number of hydrogen-bond donors (Lipinski definition) is 1. The van der Waals surface area contributed by atoms with E-state index in [0.717, 1.165) is 6.92 Å². The van der Waals surface area contributed by atoms with E-state index in [2.05, 4.69) is 15.3 Å². The van der Waals surface area contributed by atoms with E-state index in [1.54, 1.807) is 13.1 Å². The minimum absolute atomic E-state index is 0.0672. The van der Waals surface area contributed by atoms with E-state index in [0.29, 0.717) is 5.82 Å². The number of halogens is 2. The maximum atomic E-state index is 13.4. The fourth-order valence-corrected chi connectivity index (χ4v) is 1.55. The lowest BCUT2D eigenvalue weighted by atomic mass is 10.1. The molecule has 0 unspecified atom stereocenters. The van der Waals surface area contributed by atoms with Gasteiger partial charge in [0.2, 0.25) is 5.88 Å². The van der Waals surface area contributed by atoms with Crippen LogP contribution in [0.2, 0.25) is 0 Å². The van der Waals surface area contributed by atoms with Gasteiger partial charge in [0.25, 0.3) is 5.92 Å². The lowest BCUT2D eigenvalue weighted by molar-refractivity contribution is 0.0155. The van der Waals surface area contributed by atoms with Crippen molar-refractivity contribution in [2.45, 2.75) is 12.8 Å². The molecule has 1 heterocycles. The fraction of sp³-hybridized carbons (Fsp3) is 0.231. The zero-order valence-corrected chi connectivity index (χ0v) is 10.5. The molecule has 0 radical (unpaired) electrons. The van der Waals surface area contributed by atoms with E-state index < -0.39 is 5.92 Å². The van der Waals surface area contributed by atoms with E-state index in [1.807, 2.05) is 0 Å². The van der Waals surface area contributed by atoms with Crippen LogP contribution in [0.3, 0.4) is 0 Å². The predicted molar refractivity (Wildman–Crippen MR) is 67.7 cm³/mol. The lowest BCUT2D eigenvalue weighted by Gasteiger charge is -2.15. The molecule has 2 rings (SSSR count). The molecule has 4 nitrogen and oxygen atoms in total. The molecule has 0 aliphatic heterocycles. The molecule has 0 saturated carbocycles. The van der Waals surface area contributed by atoms with Gasteiger partial charge in [-0.05, 0) is 12.1 Å². The molecule has 0 aliphatic carbocycles. The molecular formula is C13H13F2N3O. The normalized spacial score (nSPS) is 11.2. The van der Waals surface area contributed by atoms with Crippen molar-refractivity contribution in [3.63, 3.8) is 0 Å². The monoisotopic (exact) mass is 265 g/mol. The van der Waals surface area contributed by atoms with Crippen molar-refractivity contribution in [3.05, 3.63) is 42.2 Å². The van der Waals surface area contributed by atoms with Gasteiger partial charge in [0, 0.05) is 14.0 Å². The number of ether oxygens (including phenoxy) is 1. The summed E-state index contributed by atoms with van der Waals surface area (Å²) in [5.41, 5.74) is -0.188. The number of benzene rings is 1. The third-order valence-corrected chi connectivity index (χ3v) is 2.44. The van der Waals surface area contributed by atoms with Crippen molar-refractivity contribution >= 4 is 5.82 Å². The Balaban J connectivity index is 2.33. The van der Waals surface area contributed by atoms with Gasteiger partial charge in [0.1, 0.15) is 11.6 Å². The van der Waals surface area contributed by atoms with Crippen LogP contribution < -0.4 is 10.1 Å². The molecule has 0 atom stereocenters. The Morgan fingerprint density at radius 3 is 2.63 bits per heavy atom. The summed E-state index contributed by atoms with van der Waals surface area (Å²) in [4.78, 5) is 7.97. The van der Waals surface area contributed by atoms with Crippen molar-refractivity contribution in [2.75, 3.05) is 12.4 Å². The van der Waals surface area contributed by atoms with Gasteiger partial charge in [-0.2, -0.15) is 4.98 Å². The van der Waals surface area contributed by atoms with Crippen LogP contribution in [0.1, 0.15) is 12.5 Å². The summed E-state index contributed by atoms with van der Waals surface area (Å²) in [6, 6.07) is 5.96. The molecule has 0 bridgehead atoms. The van der Waals surface area contributed by atoms with Crippen LogP contribution in [-0.2, 0) is 5.92 Å². The largest absolute Gasteiger partial charge is 0.437 e. The van der Waals surface area contributed by atoms with Crippen molar-refractivity contribution in [3.8, 4) is 11.6 Å². The van der Waals surface area contributed by atoms with E-state index in [1.165, 1.54) is 30.6 Å². The van der Waals surface area contributed by atoms with Crippen LogP contribution in [0.5, 0.6) is 11.6 Å². The van der Waals surface area contributed by atoms with Crippen LogP contribution in [-0.4, -0.2) is 17.0 Å². The van der Waals surface area contributed by atoms with Crippen LogP contribution in [0.4, 0.5) is 14.6 Å². The first-order chi connectivity index (χ1) is 9.00. The summed E-state index contributed by atoms with van der Waals surface area (Å²) in [6.45, 7) is 0.824. The van der Waals surface area contributed by atoms with E-state index >= 15 is 0 Å². The number of para-hydroxylation sites is 1. The zero-order chi connectivity index (χ0) is 13.9. The summed E-state index contributed by atoms with van der Waals surface area (Å²) in [7, 11) is 1.68. The molecule has 1 aromatic carbocycles. The second-order valence-electron chi connectivity index (χ2n) is 3.98. The number of hydrogen-bond acceptors (Lipinski definition) is 4. The molecule has 1 aromatic heterocycles. The van der Waals surface area contributed by atoms with Crippen molar-refractivity contribution in [1.82, 2.24) is 9.97 Å². The van der Waals surface area contributed by atoms with Crippen molar-refractivity contribution in [1.29, 1.82) is 0 Å². The van der Waals surface area contributed by atoms with Gasteiger partial charge in [-0.3, -0.25) is 4.98 Å². The third-order valence-electron chi connectivity index (χ3n) is 2.44. The Morgan fingerprint density at radius 1 is 1.21 bits per heavy atom. The number of rotatable bonds is 4. The first-order valence-electron chi connectivity index (χ1n) is 5.65. The summed E-state index contributed by atoms with van der Waals surface area (Å²) in [5, 5.41) is 2.80. The molecule has 100 valence electrons. The van der Waals surface area contributed by atoms with Gasteiger partial charge < -0.3 is 10.1 Å². The molecular weight excluding hydrogens is 252 g/mol. The van der Waals surface area contributed by atoms with Crippen LogP contribution in [0.25, 0.3) is 0 Å². The highest BCUT2D eigenvalue weighted by Gasteiger charge is 2.28.